The Kier molecular flexibility index (Phi) is 5.54. The Balaban J connectivity index is 2.26. The molecule has 0 saturated heterocycles. The standard InChI is InChI=1S/C13H15F3N2O2/c1-9-3-2-4-10(7-9)8-11(19)17-5-6-18-12(20)13(14,15)16/h2-4,7H,5-6,8H2,1H3,(H,17,19)(H,18,20). The lowest BCUT2D eigenvalue weighted by Gasteiger charge is -2.09. The first-order valence-electron chi connectivity index (χ1n) is 5.96. The van der Waals surface area contributed by atoms with Crippen LogP contribution < -0.4 is 10.6 Å². The molecule has 1 aromatic carbocycles. The summed E-state index contributed by atoms with van der Waals surface area (Å²) in [7, 11) is 0. The first kappa shape index (κ1) is 16.0. The zero-order valence-corrected chi connectivity index (χ0v) is 10.9. The summed E-state index contributed by atoms with van der Waals surface area (Å²) in [5.74, 6) is -2.32. The number of nitrogens with one attached hydrogen (secondary N) is 2. The van der Waals surface area contributed by atoms with Gasteiger partial charge in [-0.3, -0.25) is 9.59 Å². The van der Waals surface area contributed by atoms with E-state index in [2.05, 4.69) is 5.32 Å². The van der Waals surface area contributed by atoms with Crippen molar-refractivity contribution >= 4 is 11.8 Å². The molecule has 0 saturated carbocycles. The highest BCUT2D eigenvalue weighted by Gasteiger charge is 2.38. The number of halogens is 3. The van der Waals surface area contributed by atoms with Gasteiger partial charge in [-0.15, -0.1) is 0 Å². The van der Waals surface area contributed by atoms with Crippen LogP contribution in [0.2, 0.25) is 0 Å². The van der Waals surface area contributed by atoms with Crippen LogP contribution in [0.3, 0.4) is 0 Å². The summed E-state index contributed by atoms with van der Waals surface area (Å²) in [6, 6.07) is 7.36. The summed E-state index contributed by atoms with van der Waals surface area (Å²) in [5.41, 5.74) is 1.84. The van der Waals surface area contributed by atoms with Gasteiger partial charge < -0.3 is 10.6 Å². The van der Waals surface area contributed by atoms with Gasteiger partial charge in [0.05, 0.1) is 6.42 Å². The minimum atomic E-state index is -4.90. The van der Waals surface area contributed by atoms with Crippen LogP contribution in [0.25, 0.3) is 0 Å². The van der Waals surface area contributed by atoms with Crippen molar-refractivity contribution in [3.05, 3.63) is 35.4 Å². The van der Waals surface area contributed by atoms with Crippen LogP contribution in [-0.2, 0) is 16.0 Å². The molecule has 2 amide bonds. The molecule has 0 aliphatic heterocycles. The molecule has 0 spiro atoms. The molecule has 1 aromatic rings. The van der Waals surface area contributed by atoms with Crippen molar-refractivity contribution in [1.29, 1.82) is 0 Å². The maximum Gasteiger partial charge on any atom is 0.471 e. The molecule has 0 aliphatic rings. The Morgan fingerprint density at radius 3 is 2.40 bits per heavy atom. The Bertz CT molecular complexity index is 487. The highest BCUT2D eigenvalue weighted by atomic mass is 19.4. The summed E-state index contributed by atoms with van der Waals surface area (Å²) in [4.78, 5) is 22.0. The minimum Gasteiger partial charge on any atom is -0.354 e. The molecule has 2 N–H and O–H groups in total. The largest absolute Gasteiger partial charge is 0.471 e. The second kappa shape index (κ2) is 6.93. The Morgan fingerprint density at radius 1 is 1.15 bits per heavy atom. The van der Waals surface area contributed by atoms with Crippen molar-refractivity contribution in [3.8, 4) is 0 Å². The van der Waals surface area contributed by atoms with Gasteiger partial charge in [-0.2, -0.15) is 13.2 Å². The molecule has 0 aromatic heterocycles. The van der Waals surface area contributed by atoms with Gasteiger partial charge >= 0.3 is 12.1 Å². The van der Waals surface area contributed by atoms with Gasteiger partial charge in [0.1, 0.15) is 0 Å². The van der Waals surface area contributed by atoms with Crippen LogP contribution >= 0.6 is 0 Å². The van der Waals surface area contributed by atoms with Gasteiger partial charge in [-0.05, 0) is 12.5 Å². The second-order valence-corrected chi connectivity index (χ2v) is 4.27. The predicted molar refractivity (Wildman–Crippen MR) is 67.0 cm³/mol. The molecule has 0 atom stereocenters. The van der Waals surface area contributed by atoms with E-state index in [1.807, 2.05) is 25.1 Å². The fourth-order valence-corrected chi connectivity index (χ4v) is 1.55. The van der Waals surface area contributed by atoms with Gasteiger partial charge in [-0.1, -0.05) is 29.8 Å². The predicted octanol–water partition coefficient (Wildman–Crippen LogP) is 1.33. The average Bonchev–Trinajstić information content (AvgIpc) is 2.33. The first-order chi connectivity index (χ1) is 9.29. The van der Waals surface area contributed by atoms with E-state index in [0.29, 0.717) is 0 Å². The van der Waals surface area contributed by atoms with Crippen LogP contribution in [0.1, 0.15) is 11.1 Å². The monoisotopic (exact) mass is 288 g/mol. The molecule has 0 fully saturated rings. The maximum atomic E-state index is 11.9. The molecule has 110 valence electrons. The van der Waals surface area contributed by atoms with Crippen molar-refractivity contribution in [2.75, 3.05) is 13.1 Å². The van der Waals surface area contributed by atoms with Gasteiger partial charge in [0.25, 0.3) is 0 Å². The number of benzene rings is 1. The van der Waals surface area contributed by atoms with Crippen molar-refractivity contribution in [2.24, 2.45) is 0 Å². The molecule has 0 aliphatic carbocycles. The van der Waals surface area contributed by atoms with Crippen LogP contribution in [-0.4, -0.2) is 31.1 Å². The summed E-state index contributed by atoms with van der Waals surface area (Å²) in [6.07, 6.45) is -4.75. The maximum absolute atomic E-state index is 11.9. The number of alkyl halides is 3. The number of carbonyl (C=O) groups excluding carboxylic acids is 2. The highest BCUT2D eigenvalue weighted by Crippen LogP contribution is 2.13. The Morgan fingerprint density at radius 2 is 1.80 bits per heavy atom. The van der Waals surface area contributed by atoms with E-state index in [0.717, 1.165) is 11.1 Å². The van der Waals surface area contributed by atoms with E-state index in [1.165, 1.54) is 0 Å². The summed E-state index contributed by atoms with van der Waals surface area (Å²) in [5, 5.41) is 4.11. The van der Waals surface area contributed by atoms with Gasteiger partial charge in [0, 0.05) is 13.1 Å². The van der Waals surface area contributed by atoms with E-state index < -0.39 is 12.1 Å². The van der Waals surface area contributed by atoms with Gasteiger partial charge in [-0.25, -0.2) is 0 Å². The fraction of sp³-hybridized carbons (Fsp3) is 0.385. The van der Waals surface area contributed by atoms with E-state index in [9.17, 15) is 22.8 Å². The molecule has 0 radical (unpaired) electrons. The van der Waals surface area contributed by atoms with Gasteiger partial charge in [0.2, 0.25) is 5.91 Å². The molecule has 4 nitrogen and oxygen atoms in total. The third kappa shape index (κ3) is 5.73. The smallest absolute Gasteiger partial charge is 0.354 e. The van der Waals surface area contributed by atoms with E-state index in [1.54, 1.807) is 11.4 Å². The van der Waals surface area contributed by atoms with Crippen molar-refractivity contribution in [3.63, 3.8) is 0 Å². The van der Waals surface area contributed by atoms with Crippen molar-refractivity contribution in [2.45, 2.75) is 19.5 Å². The normalized spacial score (nSPS) is 11.0. The first-order valence-corrected chi connectivity index (χ1v) is 5.96. The van der Waals surface area contributed by atoms with E-state index in [4.69, 9.17) is 0 Å². The lowest BCUT2D eigenvalue weighted by Crippen LogP contribution is -2.41. The SMILES string of the molecule is Cc1cccc(CC(=O)NCCNC(=O)C(F)(F)F)c1. The van der Waals surface area contributed by atoms with E-state index >= 15 is 0 Å². The minimum absolute atomic E-state index is 0.0491. The third-order valence-electron chi connectivity index (χ3n) is 2.44. The lowest BCUT2D eigenvalue weighted by molar-refractivity contribution is -0.173. The highest BCUT2D eigenvalue weighted by molar-refractivity contribution is 5.82. The number of hydrogen-bond acceptors (Lipinski definition) is 2. The Hall–Kier alpha value is -2.05. The van der Waals surface area contributed by atoms with Crippen LogP contribution in [0.4, 0.5) is 13.2 Å². The van der Waals surface area contributed by atoms with Crippen molar-refractivity contribution < 1.29 is 22.8 Å². The van der Waals surface area contributed by atoms with Crippen LogP contribution in [0, 0.1) is 6.92 Å². The van der Waals surface area contributed by atoms with Gasteiger partial charge in [0.15, 0.2) is 0 Å². The van der Waals surface area contributed by atoms with Crippen molar-refractivity contribution in [1.82, 2.24) is 10.6 Å². The third-order valence-corrected chi connectivity index (χ3v) is 2.44. The number of amides is 2. The number of carbonyl (C=O) groups is 2. The topological polar surface area (TPSA) is 58.2 Å². The van der Waals surface area contributed by atoms with Crippen LogP contribution in [0.15, 0.2) is 24.3 Å². The summed E-state index contributed by atoms with van der Waals surface area (Å²) in [6.45, 7) is 1.58. The molecular formula is C13H15F3N2O2. The molecule has 7 heteroatoms. The quantitative estimate of drug-likeness (QED) is 0.803. The zero-order valence-electron chi connectivity index (χ0n) is 10.9. The number of rotatable bonds is 5. The number of aryl methyl sites for hydroxylation is 1. The molecular weight excluding hydrogens is 273 g/mol. The lowest BCUT2D eigenvalue weighted by atomic mass is 10.1. The second-order valence-electron chi connectivity index (χ2n) is 4.27. The average molecular weight is 288 g/mol. The molecule has 1 rings (SSSR count). The zero-order chi connectivity index (χ0) is 15.2. The number of hydrogen-bond donors (Lipinski definition) is 2. The molecule has 20 heavy (non-hydrogen) atoms. The fourth-order valence-electron chi connectivity index (χ4n) is 1.55. The Labute approximate surface area is 114 Å². The molecule has 0 heterocycles. The molecule has 0 unspecified atom stereocenters. The molecule has 0 bridgehead atoms. The van der Waals surface area contributed by atoms with E-state index in [-0.39, 0.29) is 25.4 Å². The summed E-state index contributed by atoms with van der Waals surface area (Å²) >= 11 is 0. The summed E-state index contributed by atoms with van der Waals surface area (Å²) < 4.78 is 35.6. The van der Waals surface area contributed by atoms with Crippen LogP contribution in [0.5, 0.6) is 0 Å².